The van der Waals surface area contributed by atoms with Crippen molar-refractivity contribution in [3.05, 3.63) is 76.2 Å². The van der Waals surface area contributed by atoms with Crippen LogP contribution >= 0.6 is 0 Å². The fourth-order valence-electron chi connectivity index (χ4n) is 2.53. The number of carbonyl (C=O) groups is 1. The smallest absolute Gasteiger partial charge is 0.310 e. The molecular formula is C19H19N5O4. The van der Waals surface area contributed by atoms with Gasteiger partial charge >= 0.3 is 5.69 Å². The molecule has 9 nitrogen and oxygen atoms in total. The number of benzene rings is 1. The molecule has 1 N–H and O–H groups in total. The lowest BCUT2D eigenvalue weighted by Gasteiger charge is -2.09. The van der Waals surface area contributed by atoms with Gasteiger partial charge in [0.05, 0.1) is 18.0 Å². The number of ether oxygens (including phenoxy) is 1. The zero-order valence-electron chi connectivity index (χ0n) is 15.2. The number of nitro groups is 1. The number of amides is 1. The summed E-state index contributed by atoms with van der Waals surface area (Å²) in [4.78, 5) is 26.8. The Hall–Kier alpha value is -3.75. The molecule has 0 unspecified atom stereocenters. The predicted octanol–water partition coefficient (Wildman–Crippen LogP) is 2.57. The molecule has 3 aromatic rings. The van der Waals surface area contributed by atoms with Crippen molar-refractivity contribution in [2.75, 3.05) is 6.61 Å². The van der Waals surface area contributed by atoms with E-state index in [4.69, 9.17) is 4.74 Å². The molecule has 0 bridgehead atoms. The van der Waals surface area contributed by atoms with E-state index in [0.717, 1.165) is 11.1 Å². The Morgan fingerprint density at radius 3 is 2.89 bits per heavy atom. The number of carbonyl (C=O) groups excluding carboxylic acids is 1. The SMILES string of the molecule is Cc1ccc([N+](=O)[O-])c(OCCC(=O)NCc2ccnc(-n3cccn3)c2)c1. The van der Waals surface area contributed by atoms with E-state index in [1.165, 1.54) is 6.07 Å². The van der Waals surface area contributed by atoms with Gasteiger partial charge in [-0.1, -0.05) is 6.07 Å². The van der Waals surface area contributed by atoms with Crippen LogP contribution in [0.2, 0.25) is 0 Å². The van der Waals surface area contributed by atoms with Crippen LogP contribution in [-0.4, -0.2) is 32.2 Å². The first-order chi connectivity index (χ1) is 13.5. The van der Waals surface area contributed by atoms with Gasteiger partial charge in [0.15, 0.2) is 11.6 Å². The summed E-state index contributed by atoms with van der Waals surface area (Å²) in [6.07, 6.45) is 5.18. The maximum atomic E-state index is 12.0. The number of hydrogen-bond acceptors (Lipinski definition) is 6. The van der Waals surface area contributed by atoms with Gasteiger partial charge in [0, 0.05) is 31.2 Å². The summed E-state index contributed by atoms with van der Waals surface area (Å²) >= 11 is 0. The number of pyridine rings is 1. The van der Waals surface area contributed by atoms with Crippen molar-refractivity contribution in [3.63, 3.8) is 0 Å². The van der Waals surface area contributed by atoms with Crippen molar-refractivity contribution in [2.24, 2.45) is 0 Å². The fraction of sp³-hybridized carbons (Fsp3) is 0.211. The lowest BCUT2D eigenvalue weighted by molar-refractivity contribution is -0.385. The van der Waals surface area contributed by atoms with Gasteiger partial charge in [-0.25, -0.2) is 9.67 Å². The third-order valence-electron chi connectivity index (χ3n) is 3.94. The Morgan fingerprint density at radius 2 is 2.14 bits per heavy atom. The molecule has 0 aliphatic heterocycles. The predicted molar refractivity (Wildman–Crippen MR) is 101 cm³/mol. The maximum absolute atomic E-state index is 12.0. The lowest BCUT2D eigenvalue weighted by Crippen LogP contribution is -2.24. The number of aromatic nitrogens is 3. The van der Waals surface area contributed by atoms with Crippen molar-refractivity contribution in [2.45, 2.75) is 19.9 Å². The monoisotopic (exact) mass is 381 g/mol. The van der Waals surface area contributed by atoms with E-state index >= 15 is 0 Å². The van der Waals surface area contributed by atoms with Crippen molar-refractivity contribution in [1.82, 2.24) is 20.1 Å². The first-order valence-electron chi connectivity index (χ1n) is 8.62. The van der Waals surface area contributed by atoms with Crippen LogP contribution in [0.1, 0.15) is 17.5 Å². The topological polar surface area (TPSA) is 112 Å². The van der Waals surface area contributed by atoms with Gasteiger partial charge in [-0.2, -0.15) is 5.10 Å². The second kappa shape index (κ2) is 8.76. The van der Waals surface area contributed by atoms with E-state index < -0.39 is 4.92 Å². The molecule has 0 saturated carbocycles. The Labute approximate surface area is 161 Å². The summed E-state index contributed by atoms with van der Waals surface area (Å²) < 4.78 is 7.08. The molecule has 3 rings (SSSR count). The lowest BCUT2D eigenvalue weighted by atomic mass is 10.2. The minimum atomic E-state index is -0.504. The van der Waals surface area contributed by atoms with Gasteiger partial charge in [0.1, 0.15) is 0 Å². The highest BCUT2D eigenvalue weighted by molar-refractivity contribution is 5.76. The average Bonchev–Trinajstić information content (AvgIpc) is 3.21. The molecule has 0 spiro atoms. The molecule has 0 atom stereocenters. The Bertz CT molecular complexity index is 972. The number of nitrogens with zero attached hydrogens (tertiary/aromatic N) is 4. The van der Waals surface area contributed by atoms with Crippen LogP contribution in [0.4, 0.5) is 5.69 Å². The molecule has 0 fully saturated rings. The van der Waals surface area contributed by atoms with E-state index in [1.54, 1.807) is 47.5 Å². The molecule has 2 heterocycles. The minimum Gasteiger partial charge on any atom is -0.486 e. The first kappa shape index (κ1) is 19.0. The molecule has 9 heteroatoms. The highest BCUT2D eigenvalue weighted by Gasteiger charge is 2.15. The van der Waals surface area contributed by atoms with Crippen LogP contribution in [0, 0.1) is 17.0 Å². The zero-order valence-corrected chi connectivity index (χ0v) is 15.2. The number of hydrogen-bond donors (Lipinski definition) is 1. The highest BCUT2D eigenvalue weighted by Crippen LogP contribution is 2.27. The molecule has 28 heavy (non-hydrogen) atoms. The van der Waals surface area contributed by atoms with Crippen LogP contribution < -0.4 is 10.1 Å². The summed E-state index contributed by atoms with van der Waals surface area (Å²) in [7, 11) is 0. The average molecular weight is 381 g/mol. The number of nitrogens with one attached hydrogen (secondary N) is 1. The molecule has 1 amide bonds. The largest absolute Gasteiger partial charge is 0.486 e. The molecule has 144 valence electrons. The van der Waals surface area contributed by atoms with E-state index in [0.29, 0.717) is 12.4 Å². The third kappa shape index (κ3) is 4.91. The summed E-state index contributed by atoms with van der Waals surface area (Å²) in [5, 5.41) is 18.0. The van der Waals surface area contributed by atoms with Crippen molar-refractivity contribution < 1.29 is 14.5 Å². The van der Waals surface area contributed by atoms with Crippen LogP contribution in [-0.2, 0) is 11.3 Å². The van der Waals surface area contributed by atoms with E-state index in [9.17, 15) is 14.9 Å². The molecular weight excluding hydrogens is 362 g/mol. The van der Waals surface area contributed by atoms with Crippen LogP contribution in [0.3, 0.4) is 0 Å². The summed E-state index contributed by atoms with van der Waals surface area (Å²) in [5.74, 6) is 0.607. The van der Waals surface area contributed by atoms with Gasteiger partial charge in [-0.3, -0.25) is 14.9 Å². The van der Waals surface area contributed by atoms with Gasteiger partial charge in [-0.05, 0) is 42.3 Å². The van der Waals surface area contributed by atoms with Gasteiger partial charge in [-0.15, -0.1) is 0 Å². The van der Waals surface area contributed by atoms with Crippen LogP contribution in [0.25, 0.3) is 5.82 Å². The first-order valence-corrected chi connectivity index (χ1v) is 8.62. The second-order valence-corrected chi connectivity index (χ2v) is 6.08. The maximum Gasteiger partial charge on any atom is 0.310 e. The molecule has 0 radical (unpaired) electrons. The second-order valence-electron chi connectivity index (χ2n) is 6.08. The quantitative estimate of drug-likeness (QED) is 0.474. The molecule has 0 aliphatic rings. The summed E-state index contributed by atoms with van der Waals surface area (Å²) in [5.41, 5.74) is 1.61. The Balaban J connectivity index is 1.50. The van der Waals surface area contributed by atoms with Gasteiger partial charge < -0.3 is 10.1 Å². The van der Waals surface area contributed by atoms with E-state index in [1.807, 2.05) is 13.0 Å². The molecule has 0 aliphatic carbocycles. The van der Waals surface area contributed by atoms with E-state index in [2.05, 4.69) is 15.4 Å². The van der Waals surface area contributed by atoms with Gasteiger partial charge in [0.2, 0.25) is 5.91 Å². The number of aryl methyl sites for hydroxylation is 1. The number of nitro benzene ring substituents is 1. The highest BCUT2D eigenvalue weighted by atomic mass is 16.6. The third-order valence-corrected chi connectivity index (χ3v) is 3.94. The van der Waals surface area contributed by atoms with Crippen molar-refractivity contribution in [1.29, 1.82) is 0 Å². The molecule has 2 aromatic heterocycles. The zero-order chi connectivity index (χ0) is 19.9. The standard InChI is InChI=1S/C19H19N5O4/c1-14-3-4-16(24(26)27)17(11-14)28-10-6-19(25)21-13-15-5-8-20-18(12-15)23-9-2-7-22-23/h2-5,7-9,11-12H,6,10,13H2,1H3,(H,21,25). The minimum absolute atomic E-state index is 0.0466. The Kier molecular flexibility index (Phi) is 5.95. The summed E-state index contributed by atoms with van der Waals surface area (Å²) in [6.45, 7) is 2.20. The van der Waals surface area contributed by atoms with Crippen molar-refractivity contribution >= 4 is 11.6 Å². The summed E-state index contributed by atoms with van der Waals surface area (Å²) in [6, 6.07) is 10.1. The molecule has 1 aromatic carbocycles. The van der Waals surface area contributed by atoms with Crippen LogP contribution in [0.15, 0.2) is 55.0 Å². The number of rotatable bonds is 8. The fourth-order valence-corrected chi connectivity index (χ4v) is 2.53. The molecule has 0 saturated heterocycles. The van der Waals surface area contributed by atoms with Gasteiger partial charge in [0.25, 0.3) is 0 Å². The normalized spacial score (nSPS) is 10.5. The van der Waals surface area contributed by atoms with Crippen molar-refractivity contribution in [3.8, 4) is 11.6 Å². The Morgan fingerprint density at radius 1 is 1.29 bits per heavy atom. The van der Waals surface area contributed by atoms with Crippen LogP contribution in [0.5, 0.6) is 5.75 Å². The van der Waals surface area contributed by atoms with E-state index in [-0.39, 0.29) is 30.4 Å².